The number of aliphatic hydroxyl groups is 1. The largest absolute Gasteiger partial charge is 0.396 e. The molecule has 2 heterocycles. The number of nitrogens with zero attached hydrogens (tertiary/aromatic N) is 3. The van der Waals surface area contributed by atoms with E-state index < -0.39 is 0 Å². The van der Waals surface area contributed by atoms with Gasteiger partial charge < -0.3 is 9.67 Å². The third kappa shape index (κ3) is 3.24. The summed E-state index contributed by atoms with van der Waals surface area (Å²) >= 11 is 6.26. The summed E-state index contributed by atoms with van der Waals surface area (Å²) in [5.41, 5.74) is 2.11. The summed E-state index contributed by atoms with van der Waals surface area (Å²) in [5.74, 6) is -0.355. The van der Waals surface area contributed by atoms with Crippen LogP contribution in [0.3, 0.4) is 0 Å². The van der Waals surface area contributed by atoms with E-state index in [4.69, 9.17) is 21.5 Å². The van der Waals surface area contributed by atoms with Crippen molar-refractivity contribution in [1.29, 1.82) is 0 Å². The van der Waals surface area contributed by atoms with Crippen molar-refractivity contribution in [3.05, 3.63) is 28.7 Å². The molecule has 2 rings (SSSR count). The first-order valence-electron chi connectivity index (χ1n) is 7.08. The van der Waals surface area contributed by atoms with Gasteiger partial charge in [0.25, 0.3) is 5.91 Å². The Balaban J connectivity index is 2.46. The van der Waals surface area contributed by atoms with Gasteiger partial charge in [0.1, 0.15) is 10.8 Å². The number of hydrogen-bond donors (Lipinski definition) is 1. The van der Waals surface area contributed by atoms with Gasteiger partial charge in [-0.1, -0.05) is 11.6 Å². The molecule has 0 unspecified atom stereocenters. The molecular formula is C15H20ClN3O3. The Morgan fingerprint density at radius 1 is 1.50 bits per heavy atom. The first kappa shape index (κ1) is 16.7. The van der Waals surface area contributed by atoms with Crippen molar-refractivity contribution in [3.63, 3.8) is 0 Å². The normalized spacial score (nSPS) is 11.1. The van der Waals surface area contributed by atoms with Crippen molar-refractivity contribution < 1.29 is 14.7 Å². The Kier molecular flexibility index (Phi) is 5.39. The number of hydrogen-bond acceptors (Lipinski definition) is 4. The van der Waals surface area contributed by atoms with E-state index in [2.05, 4.69) is 4.98 Å². The number of aryl methyl sites for hydroxylation is 2. The summed E-state index contributed by atoms with van der Waals surface area (Å²) in [6.07, 6.45) is 3.57. The van der Waals surface area contributed by atoms with E-state index in [1.165, 1.54) is 14.2 Å². The lowest BCUT2D eigenvalue weighted by molar-refractivity contribution is -0.0760. The number of aliphatic hydroxyl groups excluding tert-OH is 1. The van der Waals surface area contributed by atoms with E-state index in [0.29, 0.717) is 5.15 Å². The Morgan fingerprint density at radius 3 is 2.86 bits per heavy atom. The second kappa shape index (κ2) is 7.09. The van der Waals surface area contributed by atoms with Crippen LogP contribution in [0.25, 0.3) is 10.9 Å². The maximum Gasteiger partial charge on any atom is 0.295 e. The maximum absolute atomic E-state index is 12.2. The zero-order chi connectivity index (χ0) is 16.3. The molecule has 0 aliphatic rings. The zero-order valence-electron chi connectivity index (χ0n) is 13.0. The standard InChI is InChI=1S/C15H20ClN3O3/c1-10-9-19(6-4-5-7-20)12-8-11(15(21)18(2)22-3)17-14(16)13(10)12/h8-9,20H,4-7H2,1-3H3. The van der Waals surface area contributed by atoms with Crippen LogP contribution >= 0.6 is 11.6 Å². The lowest BCUT2D eigenvalue weighted by Crippen LogP contribution is -2.26. The average molecular weight is 326 g/mol. The minimum Gasteiger partial charge on any atom is -0.396 e. The SMILES string of the molecule is CON(C)C(=O)c1cc2c(c(C)cn2CCCCO)c(Cl)n1. The molecule has 0 aliphatic carbocycles. The lowest BCUT2D eigenvalue weighted by atomic mass is 10.2. The van der Waals surface area contributed by atoms with Crippen molar-refractivity contribution >= 4 is 28.4 Å². The fraction of sp³-hybridized carbons (Fsp3) is 0.467. The van der Waals surface area contributed by atoms with Crippen LogP contribution in [0.4, 0.5) is 0 Å². The summed E-state index contributed by atoms with van der Waals surface area (Å²) < 4.78 is 2.04. The first-order chi connectivity index (χ1) is 10.5. The Labute approximate surface area is 134 Å². The van der Waals surface area contributed by atoms with E-state index in [0.717, 1.165) is 40.9 Å². The number of rotatable bonds is 6. The number of fused-ring (bicyclic) bond motifs is 1. The van der Waals surface area contributed by atoms with Gasteiger partial charge in [-0.05, 0) is 31.4 Å². The van der Waals surface area contributed by atoms with Crippen LogP contribution in [0.2, 0.25) is 5.15 Å². The minimum atomic E-state index is -0.355. The highest BCUT2D eigenvalue weighted by Gasteiger charge is 2.18. The van der Waals surface area contributed by atoms with Crippen molar-refractivity contribution in [2.24, 2.45) is 0 Å². The smallest absolute Gasteiger partial charge is 0.295 e. The summed E-state index contributed by atoms with van der Waals surface area (Å²) in [5, 5.41) is 11.2. The molecule has 0 aliphatic heterocycles. The molecule has 2 aromatic rings. The van der Waals surface area contributed by atoms with Crippen molar-refractivity contribution in [3.8, 4) is 0 Å². The zero-order valence-corrected chi connectivity index (χ0v) is 13.7. The summed E-state index contributed by atoms with van der Waals surface area (Å²) in [7, 11) is 2.94. The highest BCUT2D eigenvalue weighted by atomic mass is 35.5. The number of amides is 1. The summed E-state index contributed by atoms with van der Waals surface area (Å²) in [4.78, 5) is 21.3. The van der Waals surface area contributed by atoms with Gasteiger partial charge in [0, 0.05) is 31.8 Å². The number of halogens is 1. The number of hydroxylamine groups is 2. The Hall–Kier alpha value is -1.63. The fourth-order valence-corrected chi connectivity index (χ4v) is 2.73. The number of unbranched alkanes of at least 4 members (excludes halogenated alkanes) is 1. The van der Waals surface area contributed by atoms with E-state index in [1.807, 2.05) is 17.7 Å². The van der Waals surface area contributed by atoms with E-state index in [9.17, 15) is 4.79 Å². The van der Waals surface area contributed by atoms with Crippen molar-refractivity contribution in [2.75, 3.05) is 20.8 Å². The molecule has 0 radical (unpaired) electrons. The predicted molar refractivity (Wildman–Crippen MR) is 84.9 cm³/mol. The van der Waals surface area contributed by atoms with E-state index in [1.54, 1.807) is 6.07 Å². The van der Waals surface area contributed by atoms with Crippen LogP contribution < -0.4 is 0 Å². The first-order valence-corrected chi connectivity index (χ1v) is 7.46. The number of pyridine rings is 1. The Bertz CT molecular complexity index is 684. The van der Waals surface area contributed by atoms with Gasteiger partial charge in [-0.15, -0.1) is 0 Å². The molecule has 2 aromatic heterocycles. The molecule has 7 heteroatoms. The van der Waals surface area contributed by atoms with Gasteiger partial charge >= 0.3 is 0 Å². The molecule has 6 nitrogen and oxygen atoms in total. The van der Waals surface area contributed by atoms with E-state index >= 15 is 0 Å². The number of carbonyl (C=O) groups is 1. The molecule has 22 heavy (non-hydrogen) atoms. The van der Waals surface area contributed by atoms with Gasteiger partial charge in [-0.3, -0.25) is 9.63 Å². The average Bonchev–Trinajstić information content (AvgIpc) is 2.82. The highest BCUT2D eigenvalue weighted by molar-refractivity contribution is 6.34. The molecule has 0 bridgehead atoms. The van der Waals surface area contributed by atoms with Crippen molar-refractivity contribution in [1.82, 2.24) is 14.6 Å². The Morgan fingerprint density at radius 2 is 2.23 bits per heavy atom. The maximum atomic E-state index is 12.2. The monoisotopic (exact) mass is 325 g/mol. The minimum absolute atomic E-state index is 0.170. The molecule has 0 saturated heterocycles. The molecular weight excluding hydrogens is 306 g/mol. The summed E-state index contributed by atoms with van der Waals surface area (Å²) in [6.45, 7) is 2.88. The van der Waals surface area contributed by atoms with Gasteiger partial charge in [-0.2, -0.15) is 0 Å². The van der Waals surface area contributed by atoms with Crippen LogP contribution in [-0.2, 0) is 11.4 Å². The van der Waals surface area contributed by atoms with Crippen LogP contribution in [0, 0.1) is 6.92 Å². The lowest BCUT2D eigenvalue weighted by Gasteiger charge is -2.13. The fourth-order valence-electron chi connectivity index (χ4n) is 2.39. The van der Waals surface area contributed by atoms with Crippen molar-refractivity contribution in [2.45, 2.75) is 26.3 Å². The molecule has 120 valence electrons. The van der Waals surface area contributed by atoms with Crippen LogP contribution in [0.1, 0.15) is 28.9 Å². The van der Waals surface area contributed by atoms with Crippen LogP contribution in [0.15, 0.2) is 12.3 Å². The highest BCUT2D eigenvalue weighted by Crippen LogP contribution is 2.28. The predicted octanol–water partition coefficient (Wildman–Crippen LogP) is 2.40. The molecule has 0 aromatic carbocycles. The third-order valence-electron chi connectivity index (χ3n) is 3.59. The molecule has 0 spiro atoms. The molecule has 0 saturated carbocycles. The summed E-state index contributed by atoms with van der Waals surface area (Å²) in [6, 6.07) is 1.73. The second-order valence-electron chi connectivity index (χ2n) is 5.11. The van der Waals surface area contributed by atoms with Crippen LogP contribution in [0.5, 0.6) is 0 Å². The molecule has 1 N–H and O–H groups in total. The molecule has 0 fully saturated rings. The van der Waals surface area contributed by atoms with Crippen LogP contribution in [-0.4, -0.2) is 46.4 Å². The number of aromatic nitrogens is 2. The van der Waals surface area contributed by atoms with E-state index in [-0.39, 0.29) is 18.2 Å². The number of carbonyl (C=O) groups excluding carboxylic acids is 1. The van der Waals surface area contributed by atoms with Gasteiger partial charge in [0.15, 0.2) is 0 Å². The van der Waals surface area contributed by atoms with Gasteiger partial charge in [-0.25, -0.2) is 10.0 Å². The molecule has 0 atom stereocenters. The molecule has 1 amide bonds. The topological polar surface area (TPSA) is 67.6 Å². The second-order valence-corrected chi connectivity index (χ2v) is 5.47. The quantitative estimate of drug-likeness (QED) is 0.503. The van der Waals surface area contributed by atoms with Gasteiger partial charge in [0.05, 0.1) is 12.6 Å². The van der Waals surface area contributed by atoms with Gasteiger partial charge in [0.2, 0.25) is 0 Å². The third-order valence-corrected chi connectivity index (χ3v) is 3.87.